The molecule has 5 nitrogen and oxygen atoms in total. The third-order valence-electron chi connectivity index (χ3n) is 2.04. The molecule has 0 fully saturated rings. The number of amides is 1. The molecule has 0 bridgehead atoms. The van der Waals surface area contributed by atoms with Crippen LogP contribution in [0.15, 0.2) is 29.1 Å². The summed E-state index contributed by atoms with van der Waals surface area (Å²) in [4.78, 5) is 22.5. The smallest absolute Gasteiger partial charge is 0.293 e. The molecular weight excluding hydrogens is 214 g/mol. The van der Waals surface area contributed by atoms with Crippen molar-refractivity contribution in [3.05, 3.63) is 33.9 Å². The quantitative estimate of drug-likeness (QED) is 0.429. The van der Waals surface area contributed by atoms with Gasteiger partial charge in [0.25, 0.3) is 5.91 Å². The number of hydrogen-bond donors (Lipinski definition) is 2. The van der Waals surface area contributed by atoms with Gasteiger partial charge in [0.05, 0.1) is 10.2 Å². The standard InChI is InChI=1S/C9H9N3O2S/c10-11-8(13)5-12-6-3-1-2-4-7(6)15-9(12)14/h1-4H,5,10H2,(H,11,13). The van der Waals surface area contributed by atoms with E-state index < -0.39 is 0 Å². The van der Waals surface area contributed by atoms with Crippen molar-refractivity contribution in [2.45, 2.75) is 6.54 Å². The van der Waals surface area contributed by atoms with E-state index in [0.29, 0.717) is 0 Å². The lowest BCUT2D eigenvalue weighted by molar-refractivity contribution is -0.121. The summed E-state index contributed by atoms with van der Waals surface area (Å²) in [6.45, 7) is -0.0423. The predicted octanol–water partition coefficient (Wildman–Crippen LogP) is 0.0529. The number of nitrogens with one attached hydrogen (secondary N) is 1. The summed E-state index contributed by atoms with van der Waals surface area (Å²) in [5.74, 6) is 4.58. The molecule has 2 rings (SSSR count). The predicted molar refractivity (Wildman–Crippen MR) is 58.4 cm³/mol. The molecule has 0 aliphatic heterocycles. The average molecular weight is 223 g/mol. The van der Waals surface area contributed by atoms with Crippen LogP contribution in [-0.2, 0) is 11.3 Å². The fourth-order valence-corrected chi connectivity index (χ4v) is 2.24. The van der Waals surface area contributed by atoms with Crippen LogP contribution >= 0.6 is 11.3 Å². The number of aromatic nitrogens is 1. The van der Waals surface area contributed by atoms with E-state index in [1.807, 2.05) is 23.6 Å². The molecule has 0 radical (unpaired) electrons. The van der Waals surface area contributed by atoms with Crippen LogP contribution < -0.4 is 16.1 Å². The number of fused-ring (bicyclic) bond motifs is 1. The Kier molecular flexibility index (Phi) is 2.53. The summed E-state index contributed by atoms with van der Waals surface area (Å²) in [5.41, 5.74) is 2.76. The Balaban J connectivity index is 2.54. The zero-order valence-corrected chi connectivity index (χ0v) is 8.58. The van der Waals surface area contributed by atoms with Gasteiger partial charge in [-0.15, -0.1) is 0 Å². The Morgan fingerprint density at radius 2 is 2.20 bits per heavy atom. The second-order valence-corrected chi connectivity index (χ2v) is 3.98. The van der Waals surface area contributed by atoms with Crippen LogP contribution in [0, 0.1) is 0 Å². The van der Waals surface area contributed by atoms with E-state index in [2.05, 4.69) is 0 Å². The second kappa shape index (κ2) is 3.84. The van der Waals surface area contributed by atoms with Crippen molar-refractivity contribution < 1.29 is 4.79 Å². The molecule has 15 heavy (non-hydrogen) atoms. The molecule has 1 aromatic heterocycles. The number of benzene rings is 1. The minimum atomic E-state index is -0.388. The van der Waals surface area contributed by atoms with Gasteiger partial charge in [-0.3, -0.25) is 19.6 Å². The van der Waals surface area contributed by atoms with E-state index in [1.165, 1.54) is 4.57 Å². The first-order valence-electron chi connectivity index (χ1n) is 4.30. The second-order valence-electron chi connectivity index (χ2n) is 2.99. The number of para-hydroxylation sites is 1. The number of nitrogens with two attached hydrogens (primary N) is 1. The van der Waals surface area contributed by atoms with E-state index in [4.69, 9.17) is 5.84 Å². The molecule has 1 amide bonds. The van der Waals surface area contributed by atoms with E-state index in [-0.39, 0.29) is 17.3 Å². The fourth-order valence-electron chi connectivity index (χ4n) is 1.35. The molecule has 0 aliphatic rings. The van der Waals surface area contributed by atoms with Gasteiger partial charge in [0, 0.05) is 0 Å². The lowest BCUT2D eigenvalue weighted by atomic mass is 10.3. The van der Waals surface area contributed by atoms with Crippen molar-refractivity contribution in [2.24, 2.45) is 5.84 Å². The molecule has 1 heterocycles. The van der Waals surface area contributed by atoms with Gasteiger partial charge in [0.2, 0.25) is 0 Å². The highest BCUT2D eigenvalue weighted by Gasteiger charge is 2.09. The number of nitrogens with zero attached hydrogens (tertiary/aromatic N) is 1. The molecule has 3 N–H and O–H groups in total. The molecule has 0 saturated heterocycles. The van der Waals surface area contributed by atoms with Gasteiger partial charge in [0.15, 0.2) is 0 Å². The summed E-state index contributed by atoms with van der Waals surface area (Å²) in [6, 6.07) is 7.33. The minimum Gasteiger partial charge on any atom is -0.293 e. The fraction of sp³-hybridized carbons (Fsp3) is 0.111. The van der Waals surface area contributed by atoms with Gasteiger partial charge in [-0.05, 0) is 12.1 Å². The number of carbonyl (C=O) groups excluding carboxylic acids is 1. The highest BCUT2D eigenvalue weighted by Crippen LogP contribution is 2.15. The van der Waals surface area contributed by atoms with Crippen LogP contribution in [0.1, 0.15) is 0 Å². The third-order valence-corrected chi connectivity index (χ3v) is 3.00. The molecule has 2 aromatic rings. The van der Waals surface area contributed by atoms with E-state index in [1.54, 1.807) is 6.07 Å². The van der Waals surface area contributed by atoms with Crippen LogP contribution in [0.3, 0.4) is 0 Å². The highest BCUT2D eigenvalue weighted by atomic mass is 32.1. The van der Waals surface area contributed by atoms with Gasteiger partial charge in [-0.1, -0.05) is 23.5 Å². The lowest BCUT2D eigenvalue weighted by Gasteiger charge is -2.01. The van der Waals surface area contributed by atoms with Crippen molar-refractivity contribution in [2.75, 3.05) is 0 Å². The van der Waals surface area contributed by atoms with Crippen molar-refractivity contribution in [1.82, 2.24) is 9.99 Å². The highest BCUT2D eigenvalue weighted by molar-refractivity contribution is 7.16. The molecule has 0 saturated carbocycles. The summed E-state index contributed by atoms with van der Waals surface area (Å²) in [7, 11) is 0. The molecule has 0 unspecified atom stereocenters. The Bertz CT molecular complexity index is 558. The first kappa shape index (κ1) is 9.88. The number of hydrogen-bond acceptors (Lipinski definition) is 4. The summed E-state index contributed by atoms with van der Waals surface area (Å²) < 4.78 is 2.27. The van der Waals surface area contributed by atoms with E-state index >= 15 is 0 Å². The Labute approximate surface area is 89.1 Å². The van der Waals surface area contributed by atoms with Crippen LogP contribution in [0.4, 0.5) is 0 Å². The van der Waals surface area contributed by atoms with E-state index in [9.17, 15) is 9.59 Å². The van der Waals surface area contributed by atoms with Gasteiger partial charge < -0.3 is 0 Å². The molecule has 1 aromatic carbocycles. The van der Waals surface area contributed by atoms with Crippen LogP contribution in [0.5, 0.6) is 0 Å². The Morgan fingerprint density at radius 1 is 1.47 bits per heavy atom. The Hall–Kier alpha value is -1.66. The van der Waals surface area contributed by atoms with Crippen LogP contribution in [0.2, 0.25) is 0 Å². The van der Waals surface area contributed by atoms with Crippen LogP contribution in [-0.4, -0.2) is 10.5 Å². The van der Waals surface area contributed by atoms with Gasteiger partial charge in [0.1, 0.15) is 6.54 Å². The molecular formula is C9H9N3O2S. The zero-order valence-electron chi connectivity index (χ0n) is 7.77. The van der Waals surface area contributed by atoms with Gasteiger partial charge >= 0.3 is 4.87 Å². The van der Waals surface area contributed by atoms with Gasteiger partial charge in [-0.2, -0.15) is 0 Å². The number of thiazole rings is 1. The van der Waals surface area contributed by atoms with Crippen molar-refractivity contribution in [3.8, 4) is 0 Å². The maximum Gasteiger partial charge on any atom is 0.308 e. The maximum atomic E-state index is 11.6. The monoisotopic (exact) mass is 223 g/mol. The summed E-state index contributed by atoms with van der Waals surface area (Å²) >= 11 is 1.12. The first-order valence-corrected chi connectivity index (χ1v) is 5.12. The maximum absolute atomic E-state index is 11.6. The molecule has 0 atom stereocenters. The number of rotatable bonds is 2. The SMILES string of the molecule is NNC(=O)Cn1c(=O)sc2ccccc21. The summed E-state index contributed by atoms with van der Waals surface area (Å²) in [6.07, 6.45) is 0. The zero-order chi connectivity index (χ0) is 10.8. The Morgan fingerprint density at radius 3 is 2.93 bits per heavy atom. The number of carbonyl (C=O) groups is 1. The molecule has 0 aliphatic carbocycles. The lowest BCUT2D eigenvalue weighted by Crippen LogP contribution is -2.35. The van der Waals surface area contributed by atoms with Crippen LogP contribution in [0.25, 0.3) is 10.2 Å². The topological polar surface area (TPSA) is 77.1 Å². The third kappa shape index (κ3) is 1.77. The first-order chi connectivity index (χ1) is 7.22. The van der Waals surface area contributed by atoms with Gasteiger partial charge in [-0.25, -0.2) is 5.84 Å². The molecule has 6 heteroatoms. The largest absolute Gasteiger partial charge is 0.308 e. The minimum absolute atomic E-state index is 0.0423. The average Bonchev–Trinajstić information content (AvgIpc) is 2.55. The van der Waals surface area contributed by atoms with Crippen molar-refractivity contribution in [3.63, 3.8) is 0 Å². The summed E-state index contributed by atoms with van der Waals surface area (Å²) in [5, 5.41) is 0. The van der Waals surface area contributed by atoms with E-state index in [0.717, 1.165) is 21.6 Å². The normalized spacial score (nSPS) is 10.5. The molecule has 0 spiro atoms. The van der Waals surface area contributed by atoms with Crippen molar-refractivity contribution >= 4 is 27.5 Å². The van der Waals surface area contributed by atoms with Crippen molar-refractivity contribution in [1.29, 1.82) is 0 Å². The number of hydrazine groups is 1. The molecule has 78 valence electrons.